The summed E-state index contributed by atoms with van der Waals surface area (Å²) < 4.78 is 13.9. The number of aliphatic hydroxyl groups is 1. The van der Waals surface area contributed by atoms with Crippen LogP contribution in [0.4, 0.5) is 4.79 Å². The molecule has 0 aromatic carbocycles. The predicted octanol–water partition coefficient (Wildman–Crippen LogP) is 8.94. The second-order valence-electron chi connectivity index (χ2n) is 17.2. The summed E-state index contributed by atoms with van der Waals surface area (Å²) in [5, 5.41) is 12.5. The van der Waals surface area contributed by atoms with E-state index >= 15 is 0 Å². The van der Waals surface area contributed by atoms with E-state index < -0.39 is 8.32 Å². The van der Waals surface area contributed by atoms with Gasteiger partial charge < -0.3 is 14.3 Å². The first-order valence-corrected chi connectivity index (χ1v) is 20.6. The second kappa shape index (κ2) is 12.2. The summed E-state index contributed by atoms with van der Waals surface area (Å²) in [6.45, 7) is 22.3. The summed E-state index contributed by atoms with van der Waals surface area (Å²) >= 11 is 0. The van der Waals surface area contributed by atoms with Crippen LogP contribution < -0.4 is 0 Å². The normalized spacial score (nSPS) is 40.3. The number of imidazole rings is 1. The fourth-order valence-corrected chi connectivity index (χ4v) is 12.2. The number of hydrogen-bond acceptors (Lipinski definition) is 5. The molecule has 244 valence electrons. The number of aromatic nitrogens is 2. The van der Waals surface area contributed by atoms with Gasteiger partial charge in [0.05, 0.1) is 12.7 Å². The predicted molar refractivity (Wildman–Crippen MR) is 175 cm³/mol. The number of ether oxygens (including phenoxy) is 1. The van der Waals surface area contributed by atoms with Crippen molar-refractivity contribution in [3.8, 4) is 0 Å². The van der Waals surface area contributed by atoms with Crippen LogP contribution in [0.3, 0.4) is 0 Å². The van der Waals surface area contributed by atoms with E-state index in [1.807, 2.05) is 0 Å². The maximum Gasteiger partial charge on any atom is 0.419 e. The van der Waals surface area contributed by atoms with Crippen LogP contribution in [0.15, 0.2) is 18.7 Å². The van der Waals surface area contributed by atoms with E-state index in [2.05, 4.69) is 66.5 Å². The zero-order valence-electron chi connectivity index (χ0n) is 28.8. The van der Waals surface area contributed by atoms with E-state index in [1.54, 1.807) is 12.4 Å². The molecule has 11 atom stereocenters. The Morgan fingerprint density at radius 3 is 2.44 bits per heavy atom. The third kappa shape index (κ3) is 5.93. The van der Waals surface area contributed by atoms with Crippen LogP contribution in [0.1, 0.15) is 113 Å². The summed E-state index contributed by atoms with van der Waals surface area (Å²) in [5.41, 5.74) is 0.598. The highest BCUT2D eigenvalue weighted by molar-refractivity contribution is 6.74. The molecule has 6 nitrogen and oxygen atoms in total. The largest absolute Gasteiger partial charge is 0.449 e. The number of fused-ring (bicyclic) bond motifs is 5. The van der Waals surface area contributed by atoms with Gasteiger partial charge in [0.15, 0.2) is 8.32 Å². The minimum Gasteiger partial charge on any atom is -0.449 e. The summed E-state index contributed by atoms with van der Waals surface area (Å²) in [7, 11) is -1.82. The number of carbonyl (C=O) groups excluding carboxylic acids is 1. The van der Waals surface area contributed by atoms with Crippen molar-refractivity contribution in [2.45, 2.75) is 143 Å². The van der Waals surface area contributed by atoms with Crippen molar-refractivity contribution >= 4 is 14.4 Å². The molecular formula is C36H62N2O4Si. The molecule has 0 aliphatic heterocycles. The summed E-state index contributed by atoms with van der Waals surface area (Å²) in [5.74, 6) is 3.86. The number of aliphatic hydroxyl groups excluding tert-OH is 1. The van der Waals surface area contributed by atoms with Crippen molar-refractivity contribution < 1.29 is 19.1 Å². The highest BCUT2D eigenvalue weighted by Crippen LogP contribution is 2.69. The maximum absolute atomic E-state index is 12.3. The Morgan fingerprint density at radius 2 is 1.79 bits per heavy atom. The summed E-state index contributed by atoms with van der Waals surface area (Å²) in [6.07, 6.45) is 16.2. The highest BCUT2D eigenvalue weighted by atomic mass is 28.4. The van der Waals surface area contributed by atoms with Gasteiger partial charge >= 0.3 is 6.09 Å². The van der Waals surface area contributed by atoms with E-state index in [0.717, 1.165) is 25.7 Å². The minimum absolute atomic E-state index is 0.194. The number of hydrogen-bond donors (Lipinski definition) is 1. The van der Waals surface area contributed by atoms with Crippen LogP contribution in [-0.4, -0.2) is 47.9 Å². The quantitative estimate of drug-likeness (QED) is 0.234. The molecule has 1 aromatic heterocycles. The molecule has 43 heavy (non-hydrogen) atoms. The monoisotopic (exact) mass is 614 g/mol. The molecule has 5 rings (SSSR count). The molecule has 5 unspecified atom stereocenters. The standard InChI is InChI=1S/C36H62N2O4Si/c1-10-26-30-22-25(42-43(8,9)34(3,4)5)15-17-36(30,7)29-16-18-35(6)27(13-14-28(35)31(29)32(26)39)24(2)12-11-21-41-33(40)38-20-19-37-23-38/h19-20,23-32,39H,10-18,21-22H2,1-9H3/t24-,25?,26-,27?,28?,29?,30+,31?,32-,35-,36-/m1/s1. The van der Waals surface area contributed by atoms with E-state index in [0.29, 0.717) is 65.0 Å². The molecule has 4 aliphatic rings. The smallest absolute Gasteiger partial charge is 0.419 e. The lowest BCUT2D eigenvalue weighted by Crippen LogP contribution is -2.62. The van der Waals surface area contributed by atoms with Crippen molar-refractivity contribution in [3.63, 3.8) is 0 Å². The molecule has 0 radical (unpaired) electrons. The third-order valence-corrected chi connectivity index (χ3v) is 18.7. The minimum atomic E-state index is -1.82. The van der Waals surface area contributed by atoms with Crippen LogP contribution in [0.5, 0.6) is 0 Å². The van der Waals surface area contributed by atoms with Gasteiger partial charge in [0, 0.05) is 18.5 Å². The van der Waals surface area contributed by atoms with Crippen LogP contribution in [0.2, 0.25) is 18.1 Å². The van der Waals surface area contributed by atoms with Gasteiger partial charge in [0.2, 0.25) is 0 Å². The fraction of sp³-hybridized carbons (Fsp3) is 0.889. The molecule has 0 saturated heterocycles. The fourth-order valence-electron chi connectivity index (χ4n) is 10.8. The third-order valence-electron chi connectivity index (χ3n) is 14.1. The van der Waals surface area contributed by atoms with E-state index in [-0.39, 0.29) is 17.2 Å². The summed E-state index contributed by atoms with van der Waals surface area (Å²) in [4.78, 5) is 16.1. The first-order valence-electron chi connectivity index (χ1n) is 17.6. The van der Waals surface area contributed by atoms with Gasteiger partial charge in [-0.2, -0.15) is 0 Å². The zero-order chi connectivity index (χ0) is 31.4. The molecule has 0 amide bonds. The Balaban J connectivity index is 1.25. The van der Waals surface area contributed by atoms with Crippen molar-refractivity contribution in [2.75, 3.05) is 6.61 Å². The Kier molecular flexibility index (Phi) is 9.42. The Morgan fingerprint density at radius 1 is 1.09 bits per heavy atom. The number of carbonyl (C=O) groups is 1. The van der Waals surface area contributed by atoms with Crippen LogP contribution in [0.25, 0.3) is 0 Å². The van der Waals surface area contributed by atoms with Crippen LogP contribution >= 0.6 is 0 Å². The van der Waals surface area contributed by atoms with Gasteiger partial charge in [-0.05, 0) is 128 Å². The molecule has 0 spiro atoms. The van der Waals surface area contributed by atoms with Gasteiger partial charge in [-0.1, -0.05) is 54.9 Å². The van der Waals surface area contributed by atoms with E-state index in [1.165, 1.54) is 49.4 Å². The van der Waals surface area contributed by atoms with Crippen molar-refractivity contribution in [1.29, 1.82) is 0 Å². The summed E-state index contributed by atoms with van der Waals surface area (Å²) in [6, 6.07) is 0. The topological polar surface area (TPSA) is 73.6 Å². The average molecular weight is 615 g/mol. The molecule has 4 fully saturated rings. The van der Waals surface area contributed by atoms with Crippen molar-refractivity contribution in [2.24, 2.45) is 52.3 Å². The van der Waals surface area contributed by atoms with Gasteiger partial charge in [0.1, 0.15) is 6.33 Å². The molecule has 4 saturated carbocycles. The number of rotatable bonds is 8. The van der Waals surface area contributed by atoms with Gasteiger partial charge in [-0.15, -0.1) is 0 Å². The molecule has 7 heteroatoms. The lowest BCUT2D eigenvalue weighted by molar-refractivity contribution is -0.202. The van der Waals surface area contributed by atoms with Gasteiger partial charge in [-0.3, -0.25) is 0 Å². The average Bonchev–Trinajstić information content (AvgIpc) is 3.59. The lowest BCUT2D eigenvalue weighted by atomic mass is 9.41. The van der Waals surface area contributed by atoms with Gasteiger partial charge in [-0.25, -0.2) is 14.3 Å². The Labute approximate surface area is 263 Å². The van der Waals surface area contributed by atoms with Crippen LogP contribution in [-0.2, 0) is 9.16 Å². The molecule has 0 bridgehead atoms. The lowest BCUT2D eigenvalue weighted by Gasteiger charge is -2.65. The first-order chi connectivity index (χ1) is 20.1. The molecule has 1 N–H and O–H groups in total. The maximum atomic E-state index is 12.3. The SMILES string of the molecule is CC[C@H]1[C@@H](O)C2C3CCC([C@H](C)CCCOC(=O)n4ccnc4)[C@@]3(C)CCC2[C@@]2(C)CCC(O[Si](C)(C)C(C)(C)C)C[C@@H]12. The van der Waals surface area contributed by atoms with Crippen LogP contribution in [0, 0.1) is 52.3 Å². The van der Waals surface area contributed by atoms with E-state index in [4.69, 9.17) is 9.16 Å². The molecular weight excluding hydrogens is 552 g/mol. The second-order valence-corrected chi connectivity index (χ2v) is 21.9. The Hall–Kier alpha value is -1.18. The van der Waals surface area contributed by atoms with Crippen molar-refractivity contribution in [3.05, 3.63) is 18.7 Å². The van der Waals surface area contributed by atoms with E-state index in [9.17, 15) is 9.90 Å². The number of nitrogens with zero attached hydrogens (tertiary/aromatic N) is 2. The molecule has 4 aliphatic carbocycles. The Bertz CT molecular complexity index is 1100. The zero-order valence-corrected chi connectivity index (χ0v) is 29.8. The van der Waals surface area contributed by atoms with Gasteiger partial charge in [0.25, 0.3) is 0 Å². The molecule has 1 aromatic rings. The van der Waals surface area contributed by atoms with Crippen molar-refractivity contribution in [1.82, 2.24) is 9.55 Å². The molecule has 1 heterocycles. The first kappa shape index (κ1) is 33.2. The highest BCUT2D eigenvalue weighted by Gasteiger charge is 2.65.